The van der Waals surface area contributed by atoms with Crippen LogP contribution in [0.3, 0.4) is 0 Å². The number of aliphatic carboxylic acids is 1. The second kappa shape index (κ2) is 5.75. The number of nitrogens with one attached hydrogen (secondary N) is 2. The Morgan fingerprint density at radius 3 is 2.38 bits per heavy atom. The van der Waals surface area contributed by atoms with Crippen LogP contribution in [0.25, 0.3) is 0 Å². The molecule has 0 spiro atoms. The molecule has 1 aromatic rings. The highest BCUT2D eigenvalue weighted by atomic mass is 16.4. The Morgan fingerprint density at radius 1 is 1.19 bits per heavy atom. The zero-order valence-corrected chi connectivity index (χ0v) is 8.99. The number of carboxylic acids is 1. The molecule has 0 saturated heterocycles. The number of amides is 2. The van der Waals surface area contributed by atoms with Crippen LogP contribution in [0, 0.1) is 6.92 Å². The lowest BCUT2D eigenvalue weighted by molar-refractivity contribution is -0.135. The van der Waals surface area contributed by atoms with Crippen molar-refractivity contribution in [2.75, 3.05) is 6.54 Å². The van der Waals surface area contributed by atoms with Crippen molar-refractivity contribution in [3.8, 4) is 0 Å². The minimum absolute atomic E-state index is 0.375. The summed E-state index contributed by atoms with van der Waals surface area (Å²) >= 11 is 0. The first-order valence-electron chi connectivity index (χ1n) is 4.87. The third-order valence-corrected chi connectivity index (χ3v) is 1.97. The van der Waals surface area contributed by atoms with E-state index in [1.165, 1.54) is 0 Å². The fraction of sp³-hybridized carbons (Fsp3) is 0.273. The number of carbonyl (C=O) groups is 2. The van der Waals surface area contributed by atoms with Crippen molar-refractivity contribution in [3.05, 3.63) is 35.4 Å². The van der Waals surface area contributed by atoms with Crippen LogP contribution < -0.4 is 10.6 Å². The summed E-state index contributed by atoms with van der Waals surface area (Å²) in [5, 5.41) is 13.1. The number of aryl methyl sites for hydroxylation is 1. The molecule has 5 heteroatoms. The van der Waals surface area contributed by atoms with E-state index < -0.39 is 12.0 Å². The number of rotatable bonds is 4. The highest BCUT2D eigenvalue weighted by Crippen LogP contribution is 2.01. The van der Waals surface area contributed by atoms with Crippen molar-refractivity contribution >= 4 is 12.0 Å². The molecule has 2 amide bonds. The molecule has 0 unspecified atom stereocenters. The summed E-state index contributed by atoms with van der Waals surface area (Å²) in [6.45, 7) is 1.99. The van der Waals surface area contributed by atoms with Gasteiger partial charge in [-0.25, -0.2) is 4.79 Å². The first-order valence-corrected chi connectivity index (χ1v) is 4.87. The van der Waals surface area contributed by atoms with Crippen LogP contribution in [0.1, 0.15) is 11.1 Å². The molecule has 0 bridgehead atoms. The van der Waals surface area contributed by atoms with Crippen molar-refractivity contribution in [3.63, 3.8) is 0 Å². The van der Waals surface area contributed by atoms with E-state index >= 15 is 0 Å². The maximum absolute atomic E-state index is 11.1. The van der Waals surface area contributed by atoms with E-state index in [2.05, 4.69) is 10.6 Å². The zero-order valence-electron chi connectivity index (χ0n) is 8.99. The highest BCUT2D eigenvalue weighted by Gasteiger charge is 2.02. The Bertz CT molecular complexity index is 373. The van der Waals surface area contributed by atoms with Gasteiger partial charge in [0.05, 0.1) is 0 Å². The minimum atomic E-state index is -1.06. The molecule has 3 N–H and O–H groups in total. The molecular formula is C11H14N2O3. The molecule has 1 aromatic carbocycles. The van der Waals surface area contributed by atoms with E-state index in [9.17, 15) is 9.59 Å². The maximum Gasteiger partial charge on any atom is 0.323 e. The third-order valence-electron chi connectivity index (χ3n) is 1.97. The lowest BCUT2D eigenvalue weighted by Gasteiger charge is -2.06. The maximum atomic E-state index is 11.1. The molecule has 0 aromatic heterocycles. The molecule has 1 rings (SSSR count). The first kappa shape index (κ1) is 12.0. The van der Waals surface area contributed by atoms with Gasteiger partial charge in [0.1, 0.15) is 6.54 Å². The summed E-state index contributed by atoms with van der Waals surface area (Å²) in [7, 11) is 0. The largest absolute Gasteiger partial charge is 0.480 e. The van der Waals surface area contributed by atoms with E-state index in [1.54, 1.807) is 0 Å². The average Bonchev–Trinajstić information content (AvgIpc) is 2.25. The van der Waals surface area contributed by atoms with Crippen LogP contribution in [0.15, 0.2) is 24.3 Å². The fourth-order valence-electron chi connectivity index (χ4n) is 1.11. The number of carbonyl (C=O) groups excluding carboxylic acids is 1. The summed E-state index contributed by atoms with van der Waals surface area (Å²) in [5.41, 5.74) is 2.12. The molecule has 0 aliphatic rings. The van der Waals surface area contributed by atoms with Gasteiger partial charge in [0.2, 0.25) is 0 Å². The first-order chi connectivity index (χ1) is 7.58. The average molecular weight is 222 g/mol. The molecular weight excluding hydrogens is 208 g/mol. The normalized spacial score (nSPS) is 9.56. The van der Waals surface area contributed by atoms with E-state index in [0.717, 1.165) is 11.1 Å². The van der Waals surface area contributed by atoms with Gasteiger partial charge in [-0.05, 0) is 12.5 Å². The molecule has 0 aliphatic heterocycles. The monoisotopic (exact) mass is 222 g/mol. The van der Waals surface area contributed by atoms with Crippen LogP contribution >= 0.6 is 0 Å². The summed E-state index contributed by atoms with van der Waals surface area (Å²) in [5.74, 6) is -1.06. The molecule has 0 atom stereocenters. The zero-order chi connectivity index (χ0) is 12.0. The predicted molar refractivity (Wildman–Crippen MR) is 59.1 cm³/mol. The van der Waals surface area contributed by atoms with Gasteiger partial charge in [0, 0.05) is 6.54 Å². The number of urea groups is 1. The fourth-order valence-corrected chi connectivity index (χ4v) is 1.11. The van der Waals surface area contributed by atoms with Crippen LogP contribution in [0.5, 0.6) is 0 Å². The third kappa shape index (κ3) is 4.45. The lowest BCUT2D eigenvalue weighted by Crippen LogP contribution is -2.37. The molecule has 0 aliphatic carbocycles. The Hall–Kier alpha value is -2.04. The van der Waals surface area contributed by atoms with Crippen molar-refractivity contribution < 1.29 is 14.7 Å². The van der Waals surface area contributed by atoms with E-state index in [-0.39, 0.29) is 6.54 Å². The number of carboxylic acid groups (broad SMARTS) is 1. The SMILES string of the molecule is Cc1ccc(CNC(=O)NCC(=O)O)cc1. The second-order valence-electron chi connectivity index (χ2n) is 3.42. The summed E-state index contributed by atoms with van der Waals surface area (Å²) < 4.78 is 0. The highest BCUT2D eigenvalue weighted by molar-refractivity contribution is 5.79. The van der Waals surface area contributed by atoms with Crippen molar-refractivity contribution in [2.45, 2.75) is 13.5 Å². The van der Waals surface area contributed by atoms with Gasteiger partial charge in [0.25, 0.3) is 0 Å². The Labute approximate surface area is 93.5 Å². The summed E-state index contributed by atoms with van der Waals surface area (Å²) in [6.07, 6.45) is 0. The Kier molecular flexibility index (Phi) is 4.32. The van der Waals surface area contributed by atoms with Gasteiger partial charge >= 0.3 is 12.0 Å². The van der Waals surface area contributed by atoms with Gasteiger partial charge in [-0.1, -0.05) is 29.8 Å². The molecule has 0 fully saturated rings. The smallest absolute Gasteiger partial charge is 0.323 e. The quantitative estimate of drug-likeness (QED) is 0.707. The number of hydrogen-bond donors (Lipinski definition) is 3. The van der Waals surface area contributed by atoms with Crippen molar-refractivity contribution in [1.82, 2.24) is 10.6 Å². The van der Waals surface area contributed by atoms with Gasteiger partial charge in [-0.2, -0.15) is 0 Å². The molecule has 86 valence electrons. The summed E-state index contributed by atoms with van der Waals surface area (Å²) in [4.78, 5) is 21.3. The molecule has 16 heavy (non-hydrogen) atoms. The van der Waals surface area contributed by atoms with E-state index in [0.29, 0.717) is 6.54 Å². The molecule has 0 radical (unpaired) electrons. The second-order valence-corrected chi connectivity index (χ2v) is 3.42. The van der Waals surface area contributed by atoms with E-state index in [1.807, 2.05) is 31.2 Å². The van der Waals surface area contributed by atoms with Crippen molar-refractivity contribution in [2.24, 2.45) is 0 Å². The number of benzene rings is 1. The molecule has 0 saturated carbocycles. The van der Waals surface area contributed by atoms with E-state index in [4.69, 9.17) is 5.11 Å². The van der Waals surface area contributed by atoms with Gasteiger partial charge < -0.3 is 15.7 Å². The van der Waals surface area contributed by atoms with Gasteiger partial charge in [-0.15, -0.1) is 0 Å². The van der Waals surface area contributed by atoms with Crippen molar-refractivity contribution in [1.29, 1.82) is 0 Å². The number of hydrogen-bond acceptors (Lipinski definition) is 2. The van der Waals surface area contributed by atoms with Crippen LogP contribution in [0.4, 0.5) is 4.79 Å². The van der Waals surface area contributed by atoms with Gasteiger partial charge in [-0.3, -0.25) is 4.79 Å². The summed E-state index contributed by atoms with van der Waals surface area (Å²) in [6, 6.07) is 7.24. The van der Waals surface area contributed by atoms with Crippen LogP contribution in [-0.2, 0) is 11.3 Å². The lowest BCUT2D eigenvalue weighted by atomic mass is 10.1. The van der Waals surface area contributed by atoms with Crippen LogP contribution in [0.2, 0.25) is 0 Å². The minimum Gasteiger partial charge on any atom is -0.480 e. The predicted octanol–water partition coefficient (Wildman–Crippen LogP) is 0.879. The Morgan fingerprint density at radius 2 is 1.81 bits per heavy atom. The van der Waals surface area contributed by atoms with Gasteiger partial charge in [0.15, 0.2) is 0 Å². The standard InChI is InChI=1S/C11H14N2O3/c1-8-2-4-9(5-3-8)6-12-11(16)13-7-10(14)15/h2-5H,6-7H2,1H3,(H,14,15)(H2,12,13,16). The molecule has 5 nitrogen and oxygen atoms in total. The molecule has 0 heterocycles. The topological polar surface area (TPSA) is 78.4 Å². The Balaban J connectivity index is 2.31. The van der Waals surface area contributed by atoms with Crippen LogP contribution in [-0.4, -0.2) is 23.7 Å².